The first-order valence-corrected chi connectivity index (χ1v) is 16.0. The van der Waals surface area contributed by atoms with Crippen LogP contribution in [0, 0.1) is 27.7 Å². The fourth-order valence-electron chi connectivity index (χ4n) is 5.11. The minimum absolute atomic E-state index is 0. The second-order valence-corrected chi connectivity index (χ2v) is 11.9. The molecule has 6 rings (SSSR count). The Labute approximate surface area is 304 Å². The molecule has 3 nitrogen and oxygen atoms in total. The molecular weight excluding hydrogens is 737 g/mol. The first-order valence-electron chi connectivity index (χ1n) is 16.0. The van der Waals surface area contributed by atoms with Gasteiger partial charge in [-0.1, -0.05) is 88.4 Å². The van der Waals surface area contributed by atoms with Gasteiger partial charge in [0.05, 0.1) is 0 Å². The molecule has 5 aromatic rings. The second-order valence-electron chi connectivity index (χ2n) is 11.9. The molecule has 1 fully saturated rings. The molecule has 0 saturated carbocycles. The first kappa shape index (κ1) is 39.0. The summed E-state index contributed by atoms with van der Waals surface area (Å²) >= 11 is 0. The van der Waals surface area contributed by atoms with Gasteiger partial charge >= 0.3 is 25.8 Å². The van der Waals surface area contributed by atoms with E-state index in [1.165, 1.54) is 22.4 Å². The zero-order valence-electron chi connectivity index (χ0n) is 28.7. The average molecular weight is 786 g/mol. The smallest absolute Gasteiger partial charge is 0.397 e. The predicted octanol–water partition coefficient (Wildman–Crippen LogP) is 11.1. The van der Waals surface area contributed by atoms with Crippen LogP contribution < -0.4 is 9.80 Å². The molecule has 240 valence electrons. The summed E-state index contributed by atoms with van der Waals surface area (Å²) in [6.07, 6.45) is 0. The van der Waals surface area contributed by atoms with E-state index in [4.69, 9.17) is 0 Å². The Morgan fingerprint density at radius 1 is 0.511 bits per heavy atom. The number of nitrogens with zero attached hydrogens (tertiary/aromatic N) is 3. The molecule has 0 aromatic heterocycles. The van der Waals surface area contributed by atoms with Gasteiger partial charge < -0.3 is 15.2 Å². The van der Waals surface area contributed by atoms with Crippen LogP contribution in [0.5, 0.6) is 0 Å². The third-order valence-corrected chi connectivity index (χ3v) is 7.58. The summed E-state index contributed by atoms with van der Waals surface area (Å²) in [4.78, 5) is 4.12. The minimum atomic E-state index is 0. The maximum Gasteiger partial charge on any atom is 4.00 e. The molecular formula is C43H49HfN3. The normalized spacial score (nSPS) is 11.8. The largest absolute Gasteiger partial charge is 4.00 e. The van der Waals surface area contributed by atoms with Crippen molar-refractivity contribution in [2.24, 2.45) is 0 Å². The summed E-state index contributed by atoms with van der Waals surface area (Å²) in [5, 5.41) is 11.1. The molecule has 0 N–H and O–H groups in total. The van der Waals surface area contributed by atoms with Crippen LogP contribution >= 0.6 is 0 Å². The van der Waals surface area contributed by atoms with Gasteiger partial charge in [0.2, 0.25) is 0 Å². The van der Waals surface area contributed by atoms with Gasteiger partial charge in [-0.25, -0.2) is 0 Å². The molecule has 0 spiro atoms. The van der Waals surface area contributed by atoms with Gasteiger partial charge in [0, 0.05) is 5.96 Å². The van der Waals surface area contributed by atoms with Gasteiger partial charge in [-0.05, 0) is 59.9 Å². The number of aryl methyl sites for hydroxylation is 1. The Kier molecular flexibility index (Phi) is 16.7. The van der Waals surface area contributed by atoms with Gasteiger partial charge in [-0.15, -0.1) is 36.4 Å². The molecule has 1 heterocycles. The van der Waals surface area contributed by atoms with Crippen LogP contribution in [0.2, 0.25) is 0 Å². The Morgan fingerprint density at radius 2 is 0.872 bits per heavy atom. The fourth-order valence-corrected chi connectivity index (χ4v) is 5.11. The monoisotopic (exact) mass is 787 g/mol. The molecule has 0 aliphatic carbocycles. The summed E-state index contributed by atoms with van der Waals surface area (Å²) in [6.45, 7) is 23.7. The number of hydrogen-bond acceptors (Lipinski definition) is 0. The molecule has 0 radical (unpaired) electrons. The van der Waals surface area contributed by atoms with Gasteiger partial charge in [-0.3, -0.25) is 0 Å². The Bertz CT molecular complexity index is 1480. The van der Waals surface area contributed by atoms with Gasteiger partial charge in [0.15, 0.2) is 0 Å². The van der Waals surface area contributed by atoms with Crippen LogP contribution in [0.3, 0.4) is 0 Å². The maximum atomic E-state index is 11.1. The number of hydrogen-bond donors (Lipinski definition) is 0. The standard InChI is InChI=1S/C22H28N3.3C7H7.Hf/c1-15(2)18-10-8-11-19(16(3)4)21(18)25-14-13-24(22(25)23)20-12-7-6-9-17(20)5;3*1-7-5-3-2-4-6-7;/h6-12,15-16H,13-14H2,1-5H3;3*2-6H,1H2;/q4*-1;+4. The van der Waals surface area contributed by atoms with Crippen molar-refractivity contribution in [3.63, 3.8) is 0 Å². The second kappa shape index (κ2) is 20.2. The minimum Gasteiger partial charge on any atom is -0.397 e. The summed E-state index contributed by atoms with van der Waals surface area (Å²) in [5.74, 6) is 1.16. The molecule has 4 heteroatoms. The van der Waals surface area contributed by atoms with Crippen molar-refractivity contribution in [1.29, 1.82) is 0 Å². The SMILES string of the molecule is Cc1ccccc1N1CCN(c2c(C(C)C)cccc2C(C)C)C1=[N-].[CH2-]c1ccccc1.[CH2-]c1ccccc1.[CH2-]c1ccccc1.[Hf+4]. The molecule has 0 unspecified atom stereocenters. The molecule has 47 heavy (non-hydrogen) atoms. The Morgan fingerprint density at radius 3 is 1.21 bits per heavy atom. The maximum absolute atomic E-state index is 11.1. The number of guanidine groups is 1. The van der Waals surface area contributed by atoms with Crippen LogP contribution in [-0.4, -0.2) is 19.0 Å². The van der Waals surface area contributed by atoms with Crippen molar-refractivity contribution < 1.29 is 25.8 Å². The Balaban J connectivity index is 0.000000280. The van der Waals surface area contributed by atoms with E-state index < -0.39 is 0 Å². The number of benzene rings is 5. The zero-order valence-corrected chi connectivity index (χ0v) is 32.3. The van der Waals surface area contributed by atoms with E-state index in [1.807, 2.05) is 108 Å². The van der Waals surface area contributed by atoms with Crippen molar-refractivity contribution in [3.05, 3.63) is 193 Å². The third-order valence-electron chi connectivity index (χ3n) is 7.58. The molecule has 5 aromatic carbocycles. The van der Waals surface area contributed by atoms with Crippen molar-refractivity contribution in [2.45, 2.75) is 46.5 Å². The zero-order chi connectivity index (χ0) is 33.5. The molecule has 0 atom stereocenters. The van der Waals surface area contributed by atoms with Crippen molar-refractivity contribution in [3.8, 4) is 0 Å². The molecule has 1 saturated heterocycles. The quantitative estimate of drug-likeness (QED) is 0.134. The fraction of sp³-hybridized carbons (Fsp3) is 0.209. The summed E-state index contributed by atoms with van der Waals surface area (Å²) in [5.41, 5.74) is 9.25. The van der Waals surface area contributed by atoms with E-state index in [9.17, 15) is 5.41 Å². The summed E-state index contributed by atoms with van der Waals surface area (Å²) < 4.78 is 0. The van der Waals surface area contributed by atoms with Crippen molar-refractivity contribution in [1.82, 2.24) is 0 Å². The van der Waals surface area contributed by atoms with Crippen molar-refractivity contribution in [2.75, 3.05) is 22.9 Å². The predicted molar refractivity (Wildman–Crippen MR) is 202 cm³/mol. The van der Waals surface area contributed by atoms with E-state index in [-0.39, 0.29) is 25.8 Å². The van der Waals surface area contributed by atoms with Gasteiger partial charge in [0.1, 0.15) is 0 Å². The van der Waals surface area contributed by atoms with Gasteiger partial charge in [-0.2, -0.15) is 73.9 Å². The van der Waals surface area contributed by atoms with Crippen LogP contribution in [-0.2, 0) is 25.8 Å². The van der Waals surface area contributed by atoms with Crippen LogP contribution in [0.25, 0.3) is 5.41 Å². The molecule has 0 amide bonds. The van der Waals surface area contributed by atoms with Crippen LogP contribution in [0.4, 0.5) is 11.4 Å². The van der Waals surface area contributed by atoms with Gasteiger partial charge in [0.25, 0.3) is 0 Å². The topological polar surface area (TPSA) is 28.8 Å². The first-order chi connectivity index (χ1) is 22.1. The third kappa shape index (κ3) is 12.2. The van der Waals surface area contributed by atoms with E-state index in [1.54, 1.807) is 0 Å². The number of rotatable bonds is 4. The molecule has 1 aliphatic heterocycles. The van der Waals surface area contributed by atoms with Crippen molar-refractivity contribution >= 4 is 17.3 Å². The summed E-state index contributed by atoms with van der Waals surface area (Å²) in [6, 6.07) is 44.4. The number of para-hydroxylation sites is 2. The van der Waals surface area contributed by atoms with E-state index >= 15 is 0 Å². The van der Waals surface area contributed by atoms with E-state index in [0.717, 1.165) is 35.5 Å². The van der Waals surface area contributed by atoms with E-state index in [2.05, 4.69) is 90.6 Å². The van der Waals surface area contributed by atoms with E-state index in [0.29, 0.717) is 17.8 Å². The summed E-state index contributed by atoms with van der Waals surface area (Å²) in [7, 11) is 0. The molecule has 1 aliphatic rings. The Hall–Kier alpha value is -4.15. The average Bonchev–Trinajstić information content (AvgIpc) is 3.43. The number of anilines is 2. The van der Waals surface area contributed by atoms with Crippen LogP contribution in [0.15, 0.2) is 133 Å². The molecule has 0 bridgehead atoms. The van der Waals surface area contributed by atoms with Crippen LogP contribution in [0.1, 0.15) is 72.9 Å².